The largest absolute Gasteiger partial charge is 0.496 e. The van der Waals surface area contributed by atoms with Crippen molar-refractivity contribution in [1.82, 2.24) is 14.7 Å². The van der Waals surface area contributed by atoms with Crippen LogP contribution in [0.3, 0.4) is 0 Å². The van der Waals surface area contributed by atoms with E-state index in [1.165, 1.54) is 19.3 Å². The summed E-state index contributed by atoms with van der Waals surface area (Å²) in [7, 11) is 3.71. The van der Waals surface area contributed by atoms with Crippen LogP contribution in [0.5, 0.6) is 5.75 Å². The van der Waals surface area contributed by atoms with Gasteiger partial charge < -0.3 is 14.5 Å². The Balaban J connectivity index is 1.74. The number of hydrogen-bond acceptors (Lipinski definition) is 5. The Morgan fingerprint density at radius 1 is 0.867 bits per heavy atom. The first-order valence-electron chi connectivity index (χ1n) is 11.3. The summed E-state index contributed by atoms with van der Waals surface area (Å²) in [6.07, 6.45) is 7.60. The summed E-state index contributed by atoms with van der Waals surface area (Å²) in [6.45, 7) is 3.27. The van der Waals surface area contributed by atoms with Gasteiger partial charge in [-0.05, 0) is 26.0 Å². The molecule has 30 heavy (non-hydrogen) atoms. The number of benzene rings is 1. The Morgan fingerprint density at radius 2 is 1.50 bits per heavy atom. The van der Waals surface area contributed by atoms with E-state index in [2.05, 4.69) is 16.8 Å². The van der Waals surface area contributed by atoms with Crippen molar-refractivity contribution in [3.05, 3.63) is 35.5 Å². The lowest BCUT2D eigenvalue weighted by molar-refractivity contribution is -0.140. The molecular formula is C24H33N3O3. The fourth-order valence-electron chi connectivity index (χ4n) is 4.98. The number of hydrogen-bond donors (Lipinski definition) is 0. The second-order valence-electron chi connectivity index (χ2n) is 8.69. The predicted molar refractivity (Wildman–Crippen MR) is 117 cm³/mol. The topological polar surface area (TPSA) is 53.1 Å². The number of carbonyl (C=O) groups excluding carboxylic acids is 2. The van der Waals surface area contributed by atoms with Gasteiger partial charge in [0.1, 0.15) is 11.4 Å². The molecule has 1 saturated heterocycles. The maximum Gasteiger partial charge on any atom is 0.278 e. The van der Waals surface area contributed by atoms with Gasteiger partial charge >= 0.3 is 0 Å². The van der Waals surface area contributed by atoms with Crippen molar-refractivity contribution >= 4 is 17.4 Å². The molecule has 1 aromatic carbocycles. The molecule has 1 saturated carbocycles. The van der Waals surface area contributed by atoms with E-state index in [4.69, 9.17) is 4.74 Å². The molecule has 0 radical (unpaired) electrons. The van der Waals surface area contributed by atoms with Crippen molar-refractivity contribution < 1.29 is 14.3 Å². The van der Waals surface area contributed by atoms with Crippen LogP contribution < -0.4 is 4.74 Å². The van der Waals surface area contributed by atoms with Crippen molar-refractivity contribution in [3.63, 3.8) is 0 Å². The van der Waals surface area contributed by atoms with Crippen LogP contribution >= 0.6 is 0 Å². The molecule has 2 aliphatic heterocycles. The lowest BCUT2D eigenvalue weighted by atomic mass is 9.95. The van der Waals surface area contributed by atoms with E-state index < -0.39 is 0 Å². The molecule has 1 aliphatic carbocycles. The van der Waals surface area contributed by atoms with Crippen LogP contribution in [-0.4, -0.2) is 72.9 Å². The maximum absolute atomic E-state index is 13.8. The van der Waals surface area contributed by atoms with Crippen molar-refractivity contribution in [3.8, 4) is 5.75 Å². The van der Waals surface area contributed by atoms with Gasteiger partial charge in [0.2, 0.25) is 0 Å². The van der Waals surface area contributed by atoms with E-state index in [0.717, 1.165) is 57.4 Å². The highest BCUT2D eigenvalue weighted by atomic mass is 16.5. The van der Waals surface area contributed by atoms with Gasteiger partial charge in [0.25, 0.3) is 11.8 Å². The Kier molecular flexibility index (Phi) is 6.42. The van der Waals surface area contributed by atoms with Crippen molar-refractivity contribution in [2.24, 2.45) is 0 Å². The van der Waals surface area contributed by atoms with Crippen molar-refractivity contribution in [2.45, 2.75) is 51.0 Å². The molecule has 6 heteroatoms. The van der Waals surface area contributed by atoms with Gasteiger partial charge in [-0.15, -0.1) is 0 Å². The summed E-state index contributed by atoms with van der Waals surface area (Å²) in [5, 5.41) is 0. The molecule has 0 bridgehead atoms. The molecule has 0 aromatic heterocycles. The van der Waals surface area contributed by atoms with Crippen LogP contribution in [0.25, 0.3) is 5.57 Å². The highest BCUT2D eigenvalue weighted by molar-refractivity contribution is 6.36. The van der Waals surface area contributed by atoms with Crippen LogP contribution in [0.2, 0.25) is 0 Å². The molecule has 4 rings (SSSR count). The van der Waals surface area contributed by atoms with Crippen LogP contribution in [0.4, 0.5) is 0 Å². The second-order valence-corrected chi connectivity index (χ2v) is 8.69. The third-order valence-corrected chi connectivity index (χ3v) is 6.73. The number of amides is 2. The number of ether oxygens (including phenoxy) is 1. The number of piperazine rings is 1. The van der Waals surface area contributed by atoms with Crippen LogP contribution in [0, 0.1) is 0 Å². The van der Waals surface area contributed by atoms with Gasteiger partial charge in [-0.3, -0.25) is 14.5 Å². The minimum Gasteiger partial charge on any atom is -0.496 e. The van der Waals surface area contributed by atoms with Gasteiger partial charge in [0.05, 0.1) is 12.7 Å². The Morgan fingerprint density at radius 3 is 2.17 bits per heavy atom. The summed E-state index contributed by atoms with van der Waals surface area (Å²) >= 11 is 0. The summed E-state index contributed by atoms with van der Waals surface area (Å²) in [5.41, 5.74) is 1.81. The van der Waals surface area contributed by atoms with Crippen molar-refractivity contribution in [2.75, 3.05) is 40.3 Å². The van der Waals surface area contributed by atoms with Gasteiger partial charge in [-0.2, -0.15) is 0 Å². The first kappa shape index (κ1) is 20.9. The minimum absolute atomic E-state index is 0.0000266. The number of likely N-dealkylation sites (N-methyl/N-ethyl adjacent to an activating group) is 1. The van der Waals surface area contributed by atoms with Gasteiger partial charge in [-0.1, -0.05) is 50.3 Å². The predicted octanol–water partition coefficient (Wildman–Crippen LogP) is 3.14. The molecule has 0 atom stereocenters. The fraction of sp³-hybridized carbons (Fsp3) is 0.583. The number of rotatable bonds is 4. The summed E-state index contributed by atoms with van der Waals surface area (Å²) in [4.78, 5) is 33.4. The molecule has 1 aromatic rings. The number of carbonyl (C=O) groups is 2. The third-order valence-electron chi connectivity index (χ3n) is 6.73. The van der Waals surface area contributed by atoms with Crippen LogP contribution in [-0.2, 0) is 9.59 Å². The number of imide groups is 1. The molecule has 0 spiro atoms. The first-order valence-corrected chi connectivity index (χ1v) is 11.3. The summed E-state index contributed by atoms with van der Waals surface area (Å²) in [5.74, 6) is 0.375. The molecule has 0 unspecified atom stereocenters. The molecular weight excluding hydrogens is 378 g/mol. The molecule has 162 valence electrons. The van der Waals surface area contributed by atoms with E-state index in [1.54, 1.807) is 12.0 Å². The Labute approximate surface area is 179 Å². The standard InChI is InChI=1S/C24H33N3O3/c1-25-14-16-26(17-15-25)22-21(19-12-8-9-13-20(19)30-2)23(28)27(24(22)29)18-10-6-4-3-5-7-11-18/h8-9,12-13,18H,3-7,10-11,14-17H2,1-2H3. The number of nitrogens with zero attached hydrogens (tertiary/aromatic N) is 3. The Hall–Kier alpha value is -2.34. The lowest BCUT2D eigenvalue weighted by Crippen LogP contribution is -2.47. The van der Waals surface area contributed by atoms with Gasteiger partial charge in [0, 0.05) is 37.8 Å². The van der Waals surface area contributed by atoms with Gasteiger partial charge in [0.15, 0.2) is 0 Å². The molecule has 0 N–H and O–H groups in total. The highest BCUT2D eigenvalue weighted by Gasteiger charge is 2.45. The van der Waals surface area contributed by atoms with Gasteiger partial charge in [-0.25, -0.2) is 0 Å². The van der Waals surface area contributed by atoms with E-state index >= 15 is 0 Å². The minimum atomic E-state index is -0.149. The lowest BCUT2D eigenvalue weighted by Gasteiger charge is -2.35. The van der Waals surface area contributed by atoms with E-state index in [0.29, 0.717) is 17.0 Å². The van der Waals surface area contributed by atoms with E-state index in [9.17, 15) is 9.59 Å². The van der Waals surface area contributed by atoms with E-state index in [-0.39, 0.29) is 17.9 Å². The number of para-hydroxylation sites is 1. The van der Waals surface area contributed by atoms with Crippen LogP contribution in [0.1, 0.15) is 50.5 Å². The zero-order valence-corrected chi connectivity index (χ0v) is 18.2. The van der Waals surface area contributed by atoms with Crippen LogP contribution in [0.15, 0.2) is 30.0 Å². The average molecular weight is 412 g/mol. The molecule has 2 fully saturated rings. The summed E-state index contributed by atoms with van der Waals surface area (Å²) < 4.78 is 5.57. The average Bonchev–Trinajstić information content (AvgIpc) is 2.99. The SMILES string of the molecule is COc1ccccc1C1=C(N2CCN(C)CC2)C(=O)N(C2CCCCCCC2)C1=O. The molecule has 3 aliphatic rings. The summed E-state index contributed by atoms with van der Waals surface area (Å²) in [6, 6.07) is 7.56. The quantitative estimate of drug-likeness (QED) is 0.713. The zero-order chi connectivity index (χ0) is 21.1. The normalized spacial score (nSPS) is 22.5. The van der Waals surface area contributed by atoms with Crippen molar-refractivity contribution in [1.29, 1.82) is 0 Å². The fourth-order valence-corrected chi connectivity index (χ4v) is 4.98. The van der Waals surface area contributed by atoms with E-state index in [1.807, 2.05) is 24.3 Å². The zero-order valence-electron chi connectivity index (χ0n) is 18.2. The number of methoxy groups -OCH3 is 1. The molecule has 2 heterocycles. The smallest absolute Gasteiger partial charge is 0.278 e. The monoisotopic (exact) mass is 411 g/mol. The second kappa shape index (κ2) is 9.21. The Bertz CT molecular complexity index is 819. The molecule has 2 amide bonds. The molecule has 6 nitrogen and oxygen atoms in total. The maximum atomic E-state index is 13.8. The highest BCUT2D eigenvalue weighted by Crippen LogP contribution is 2.38. The first-order chi connectivity index (χ1) is 14.6. The third kappa shape index (κ3) is 3.97.